The first-order valence-corrected chi connectivity index (χ1v) is 8.68. The second-order valence-corrected chi connectivity index (χ2v) is 7.56. The molecule has 0 saturated carbocycles. The highest BCUT2D eigenvalue weighted by atomic mass is 79.9. The van der Waals surface area contributed by atoms with Crippen LogP contribution in [0.3, 0.4) is 0 Å². The van der Waals surface area contributed by atoms with Gasteiger partial charge in [-0.05, 0) is 70.0 Å². The van der Waals surface area contributed by atoms with Gasteiger partial charge < -0.3 is 15.5 Å². The van der Waals surface area contributed by atoms with E-state index in [2.05, 4.69) is 64.9 Å². The van der Waals surface area contributed by atoms with Crippen LogP contribution < -0.4 is 10.6 Å². The Labute approximate surface area is 137 Å². The van der Waals surface area contributed by atoms with E-state index in [4.69, 9.17) is 5.73 Å². The van der Waals surface area contributed by atoms with E-state index in [0.717, 1.165) is 29.9 Å². The SMILES string of the molecule is CC(N)Cc1cc(Br)ccc1N1CCC(CN(C)C)CC1. The number of halogens is 1. The van der Waals surface area contributed by atoms with E-state index >= 15 is 0 Å². The third kappa shape index (κ3) is 4.97. The van der Waals surface area contributed by atoms with Crippen LogP contribution in [0.2, 0.25) is 0 Å². The zero-order valence-corrected chi connectivity index (χ0v) is 15.1. The van der Waals surface area contributed by atoms with Gasteiger partial charge in [0.05, 0.1) is 0 Å². The fourth-order valence-corrected chi connectivity index (χ4v) is 3.65. The molecule has 0 spiro atoms. The van der Waals surface area contributed by atoms with Crippen molar-refractivity contribution in [1.29, 1.82) is 0 Å². The zero-order chi connectivity index (χ0) is 15.4. The molecule has 1 heterocycles. The molecule has 1 aromatic carbocycles. The quantitative estimate of drug-likeness (QED) is 0.882. The number of anilines is 1. The Kier molecular flexibility index (Phi) is 6.08. The van der Waals surface area contributed by atoms with Gasteiger partial charge in [-0.2, -0.15) is 0 Å². The Morgan fingerprint density at radius 1 is 1.33 bits per heavy atom. The monoisotopic (exact) mass is 353 g/mol. The lowest BCUT2D eigenvalue weighted by Gasteiger charge is -2.36. The molecule has 4 heteroatoms. The highest BCUT2D eigenvalue weighted by Crippen LogP contribution is 2.29. The van der Waals surface area contributed by atoms with Crippen molar-refractivity contribution >= 4 is 21.6 Å². The van der Waals surface area contributed by atoms with Crippen molar-refractivity contribution in [2.75, 3.05) is 38.6 Å². The molecule has 3 nitrogen and oxygen atoms in total. The molecule has 0 bridgehead atoms. The van der Waals surface area contributed by atoms with Gasteiger partial charge in [0.15, 0.2) is 0 Å². The molecular weight excluding hydrogens is 326 g/mol. The minimum Gasteiger partial charge on any atom is -0.371 e. The highest BCUT2D eigenvalue weighted by Gasteiger charge is 2.21. The molecule has 0 aromatic heterocycles. The number of piperidine rings is 1. The maximum Gasteiger partial charge on any atom is 0.0400 e. The summed E-state index contributed by atoms with van der Waals surface area (Å²) in [5, 5.41) is 0. The van der Waals surface area contributed by atoms with Gasteiger partial charge in [-0.1, -0.05) is 15.9 Å². The van der Waals surface area contributed by atoms with E-state index in [9.17, 15) is 0 Å². The lowest BCUT2D eigenvalue weighted by Crippen LogP contribution is -2.37. The van der Waals surface area contributed by atoms with Gasteiger partial charge in [0.1, 0.15) is 0 Å². The van der Waals surface area contributed by atoms with E-state index in [0.29, 0.717) is 0 Å². The van der Waals surface area contributed by atoms with Crippen molar-refractivity contribution in [3.63, 3.8) is 0 Å². The van der Waals surface area contributed by atoms with Crippen molar-refractivity contribution in [2.45, 2.75) is 32.2 Å². The summed E-state index contributed by atoms with van der Waals surface area (Å²) in [6, 6.07) is 6.81. The van der Waals surface area contributed by atoms with Crippen LogP contribution in [0.5, 0.6) is 0 Å². The Bertz CT molecular complexity index is 451. The first-order chi connectivity index (χ1) is 9.95. The second-order valence-electron chi connectivity index (χ2n) is 6.65. The van der Waals surface area contributed by atoms with Crippen LogP contribution in [0.4, 0.5) is 5.69 Å². The predicted molar refractivity (Wildman–Crippen MR) is 95.0 cm³/mol. The van der Waals surface area contributed by atoms with Crippen molar-refractivity contribution < 1.29 is 0 Å². The third-order valence-corrected chi connectivity index (χ3v) is 4.66. The zero-order valence-electron chi connectivity index (χ0n) is 13.5. The van der Waals surface area contributed by atoms with Crippen LogP contribution in [0.1, 0.15) is 25.3 Å². The Balaban J connectivity index is 2.05. The van der Waals surface area contributed by atoms with Crippen molar-refractivity contribution in [3.05, 3.63) is 28.2 Å². The number of nitrogens with two attached hydrogens (primary N) is 1. The molecule has 0 aliphatic carbocycles. The van der Waals surface area contributed by atoms with E-state index in [1.54, 1.807) is 0 Å². The van der Waals surface area contributed by atoms with Crippen molar-refractivity contribution in [1.82, 2.24) is 4.90 Å². The summed E-state index contributed by atoms with van der Waals surface area (Å²) in [4.78, 5) is 4.85. The second kappa shape index (κ2) is 7.61. The molecule has 1 aliphatic heterocycles. The van der Waals surface area contributed by atoms with Gasteiger partial charge in [-0.25, -0.2) is 0 Å². The summed E-state index contributed by atoms with van der Waals surface area (Å²) in [6.07, 6.45) is 3.50. The molecule has 0 radical (unpaired) electrons. The summed E-state index contributed by atoms with van der Waals surface area (Å²) in [5.74, 6) is 0.837. The summed E-state index contributed by atoms with van der Waals surface area (Å²) in [5.41, 5.74) is 8.75. The fourth-order valence-electron chi connectivity index (χ4n) is 3.25. The number of nitrogens with zero attached hydrogens (tertiary/aromatic N) is 2. The minimum absolute atomic E-state index is 0.198. The predicted octanol–water partition coefficient (Wildman–Crippen LogP) is 3.12. The summed E-state index contributed by atoms with van der Waals surface area (Å²) < 4.78 is 1.14. The molecular formula is C17H28BrN3. The van der Waals surface area contributed by atoms with E-state index in [1.165, 1.54) is 30.6 Å². The Morgan fingerprint density at radius 2 is 2.00 bits per heavy atom. The van der Waals surface area contributed by atoms with Gasteiger partial charge in [-0.15, -0.1) is 0 Å². The topological polar surface area (TPSA) is 32.5 Å². The molecule has 1 unspecified atom stereocenters. The van der Waals surface area contributed by atoms with Crippen molar-refractivity contribution in [3.8, 4) is 0 Å². The van der Waals surface area contributed by atoms with Gasteiger partial charge in [0.25, 0.3) is 0 Å². The number of rotatable bonds is 5. The lowest BCUT2D eigenvalue weighted by molar-refractivity contribution is 0.285. The smallest absolute Gasteiger partial charge is 0.0400 e. The fraction of sp³-hybridized carbons (Fsp3) is 0.647. The maximum atomic E-state index is 6.01. The molecule has 0 amide bonds. The van der Waals surface area contributed by atoms with Crippen LogP contribution in [-0.4, -0.2) is 44.7 Å². The molecule has 1 saturated heterocycles. The molecule has 21 heavy (non-hydrogen) atoms. The van der Waals surface area contributed by atoms with Crippen LogP contribution in [0.25, 0.3) is 0 Å². The standard InChI is InChI=1S/C17H28BrN3/c1-13(19)10-15-11-16(18)4-5-17(15)21-8-6-14(7-9-21)12-20(2)3/h4-5,11,13-14H,6-10,12,19H2,1-3H3. The molecule has 1 fully saturated rings. The number of hydrogen-bond donors (Lipinski definition) is 1. The molecule has 1 aromatic rings. The van der Waals surface area contributed by atoms with E-state index in [-0.39, 0.29) is 6.04 Å². The van der Waals surface area contributed by atoms with Gasteiger partial charge in [0, 0.05) is 35.8 Å². The normalized spacial score (nSPS) is 18.3. The average molecular weight is 354 g/mol. The summed E-state index contributed by atoms with van der Waals surface area (Å²) in [7, 11) is 4.34. The molecule has 2 N–H and O–H groups in total. The highest BCUT2D eigenvalue weighted by molar-refractivity contribution is 9.10. The van der Waals surface area contributed by atoms with Gasteiger partial charge in [-0.3, -0.25) is 0 Å². The van der Waals surface area contributed by atoms with Gasteiger partial charge in [0.2, 0.25) is 0 Å². The maximum absolute atomic E-state index is 6.01. The van der Waals surface area contributed by atoms with Crippen molar-refractivity contribution in [2.24, 2.45) is 11.7 Å². The number of hydrogen-bond acceptors (Lipinski definition) is 3. The third-order valence-electron chi connectivity index (χ3n) is 4.16. The molecule has 118 valence electrons. The molecule has 1 aliphatic rings. The van der Waals surface area contributed by atoms with Crippen LogP contribution in [0, 0.1) is 5.92 Å². The van der Waals surface area contributed by atoms with Crippen LogP contribution in [-0.2, 0) is 6.42 Å². The van der Waals surface area contributed by atoms with Crippen LogP contribution >= 0.6 is 15.9 Å². The summed E-state index contributed by atoms with van der Waals surface area (Å²) >= 11 is 3.58. The van der Waals surface area contributed by atoms with Crippen LogP contribution in [0.15, 0.2) is 22.7 Å². The molecule has 1 atom stereocenters. The molecule has 2 rings (SSSR count). The average Bonchev–Trinajstić information content (AvgIpc) is 2.39. The Hall–Kier alpha value is -0.580. The first kappa shape index (κ1) is 16.8. The largest absolute Gasteiger partial charge is 0.371 e. The Morgan fingerprint density at radius 3 is 2.57 bits per heavy atom. The van der Waals surface area contributed by atoms with Gasteiger partial charge >= 0.3 is 0 Å². The van der Waals surface area contributed by atoms with E-state index in [1.807, 2.05) is 0 Å². The first-order valence-electron chi connectivity index (χ1n) is 7.89. The summed E-state index contributed by atoms with van der Waals surface area (Å²) in [6.45, 7) is 5.60. The number of benzene rings is 1. The van der Waals surface area contributed by atoms with E-state index < -0.39 is 0 Å². The minimum atomic E-state index is 0.198. The lowest BCUT2D eigenvalue weighted by atomic mass is 9.95.